The third kappa shape index (κ3) is 4.38. The average molecular weight is 517 g/mol. The molecule has 9 heteroatoms. The van der Waals surface area contributed by atoms with Crippen LogP contribution in [0.3, 0.4) is 0 Å². The summed E-state index contributed by atoms with van der Waals surface area (Å²) < 4.78 is 16.6. The maximum atomic E-state index is 14.3. The van der Waals surface area contributed by atoms with Gasteiger partial charge in [-0.05, 0) is 41.5 Å². The SMILES string of the molecule is COc1cc2c(cc1OC)C(C(=O)N1CCN(c3ccccc3OC)CC1)C(c1cccnc1)N(C)C2=O. The Bertz CT molecular complexity index is 1320. The smallest absolute Gasteiger partial charge is 0.254 e. The molecule has 2 aliphatic heterocycles. The van der Waals surface area contributed by atoms with Crippen LogP contribution in [0.2, 0.25) is 0 Å². The number of amides is 2. The van der Waals surface area contributed by atoms with Crippen molar-refractivity contribution in [3.63, 3.8) is 0 Å². The van der Waals surface area contributed by atoms with Crippen molar-refractivity contribution in [3.05, 3.63) is 77.6 Å². The Kier molecular flexibility index (Phi) is 7.09. The zero-order valence-electron chi connectivity index (χ0n) is 22.1. The second-order valence-corrected chi connectivity index (χ2v) is 9.40. The zero-order valence-corrected chi connectivity index (χ0v) is 22.1. The maximum Gasteiger partial charge on any atom is 0.254 e. The number of fused-ring (bicyclic) bond motifs is 1. The Labute approximate surface area is 222 Å². The number of hydrogen-bond donors (Lipinski definition) is 0. The molecule has 2 atom stereocenters. The van der Waals surface area contributed by atoms with E-state index in [9.17, 15) is 9.59 Å². The molecule has 0 aliphatic carbocycles. The highest BCUT2D eigenvalue weighted by atomic mass is 16.5. The molecular formula is C29H32N4O5. The summed E-state index contributed by atoms with van der Waals surface area (Å²) in [5.74, 6) is 0.892. The normalized spacial score (nSPS) is 19.2. The van der Waals surface area contributed by atoms with Gasteiger partial charge in [0.2, 0.25) is 5.91 Å². The molecule has 2 amide bonds. The zero-order chi connectivity index (χ0) is 26.8. The fourth-order valence-corrected chi connectivity index (χ4v) is 5.54. The van der Waals surface area contributed by atoms with E-state index in [1.165, 1.54) is 7.11 Å². The van der Waals surface area contributed by atoms with Crippen molar-refractivity contribution >= 4 is 17.5 Å². The molecule has 0 spiro atoms. The first-order chi connectivity index (χ1) is 18.5. The number of rotatable bonds is 6. The van der Waals surface area contributed by atoms with Crippen molar-refractivity contribution in [2.75, 3.05) is 59.5 Å². The first-order valence-electron chi connectivity index (χ1n) is 12.6. The van der Waals surface area contributed by atoms with E-state index in [1.807, 2.05) is 41.3 Å². The highest BCUT2D eigenvalue weighted by molar-refractivity contribution is 6.02. The lowest BCUT2D eigenvalue weighted by Crippen LogP contribution is -2.53. The van der Waals surface area contributed by atoms with Gasteiger partial charge in [-0.2, -0.15) is 0 Å². The van der Waals surface area contributed by atoms with Crippen molar-refractivity contribution in [1.29, 1.82) is 0 Å². The van der Waals surface area contributed by atoms with Crippen molar-refractivity contribution in [2.45, 2.75) is 12.0 Å². The molecule has 9 nitrogen and oxygen atoms in total. The molecule has 3 heterocycles. The number of likely N-dealkylation sites (N-methyl/N-ethyl adjacent to an activating group) is 1. The van der Waals surface area contributed by atoms with Crippen LogP contribution in [0, 0.1) is 0 Å². The summed E-state index contributed by atoms with van der Waals surface area (Å²) in [6.45, 7) is 2.44. The van der Waals surface area contributed by atoms with Crippen LogP contribution in [0.1, 0.15) is 33.4 Å². The summed E-state index contributed by atoms with van der Waals surface area (Å²) in [6, 6.07) is 14.6. The highest BCUT2D eigenvalue weighted by Gasteiger charge is 2.45. The number of pyridine rings is 1. The van der Waals surface area contributed by atoms with Gasteiger partial charge in [0.05, 0.1) is 39.0 Å². The molecular weight excluding hydrogens is 484 g/mol. The van der Waals surface area contributed by atoms with E-state index < -0.39 is 12.0 Å². The van der Waals surface area contributed by atoms with E-state index in [-0.39, 0.29) is 11.8 Å². The third-order valence-electron chi connectivity index (χ3n) is 7.48. The number of ether oxygens (including phenoxy) is 3. The molecule has 1 saturated heterocycles. The molecule has 2 aromatic carbocycles. The fourth-order valence-electron chi connectivity index (χ4n) is 5.54. The Balaban J connectivity index is 1.51. The molecule has 0 N–H and O–H groups in total. The van der Waals surface area contributed by atoms with Gasteiger partial charge >= 0.3 is 0 Å². The van der Waals surface area contributed by atoms with Crippen LogP contribution in [-0.4, -0.2) is 81.2 Å². The summed E-state index contributed by atoms with van der Waals surface area (Å²) >= 11 is 0. The Hall–Kier alpha value is -4.27. The van der Waals surface area contributed by atoms with Crippen molar-refractivity contribution in [3.8, 4) is 17.2 Å². The molecule has 5 rings (SSSR count). The highest BCUT2D eigenvalue weighted by Crippen LogP contribution is 2.46. The van der Waals surface area contributed by atoms with Gasteiger partial charge < -0.3 is 28.9 Å². The second kappa shape index (κ2) is 10.6. The van der Waals surface area contributed by atoms with Crippen LogP contribution in [0.15, 0.2) is 60.9 Å². The Morgan fingerprint density at radius 1 is 0.895 bits per heavy atom. The van der Waals surface area contributed by atoms with Gasteiger partial charge in [0, 0.05) is 51.2 Å². The van der Waals surface area contributed by atoms with E-state index in [0.29, 0.717) is 48.8 Å². The molecule has 2 unspecified atom stereocenters. The van der Waals surface area contributed by atoms with Crippen LogP contribution in [-0.2, 0) is 4.79 Å². The van der Waals surface area contributed by atoms with Crippen LogP contribution in [0.5, 0.6) is 17.2 Å². The predicted molar refractivity (Wildman–Crippen MR) is 143 cm³/mol. The van der Waals surface area contributed by atoms with Gasteiger partial charge in [0.15, 0.2) is 11.5 Å². The van der Waals surface area contributed by atoms with Crippen LogP contribution < -0.4 is 19.1 Å². The number of anilines is 1. The largest absolute Gasteiger partial charge is 0.495 e. The number of methoxy groups -OCH3 is 3. The lowest BCUT2D eigenvalue weighted by Gasteiger charge is -2.43. The molecule has 0 saturated carbocycles. The molecule has 2 aliphatic rings. The first-order valence-corrected chi connectivity index (χ1v) is 12.6. The predicted octanol–water partition coefficient (Wildman–Crippen LogP) is 3.37. The second-order valence-electron chi connectivity index (χ2n) is 9.40. The number of carbonyl (C=O) groups excluding carboxylic acids is 2. The molecule has 0 bridgehead atoms. The van der Waals surface area contributed by atoms with Crippen LogP contribution in [0.4, 0.5) is 5.69 Å². The van der Waals surface area contributed by atoms with Gasteiger partial charge in [-0.25, -0.2) is 0 Å². The first kappa shape index (κ1) is 25.4. The fraction of sp³-hybridized carbons (Fsp3) is 0.345. The number of aromatic nitrogens is 1. The molecule has 38 heavy (non-hydrogen) atoms. The quantitative estimate of drug-likeness (QED) is 0.497. The lowest BCUT2D eigenvalue weighted by molar-refractivity contribution is -0.134. The van der Waals surface area contributed by atoms with Gasteiger partial charge in [0.1, 0.15) is 5.75 Å². The maximum absolute atomic E-state index is 14.3. The molecule has 198 valence electrons. The number of nitrogens with zero attached hydrogens (tertiary/aromatic N) is 4. The average Bonchev–Trinajstić information content (AvgIpc) is 2.98. The summed E-state index contributed by atoms with van der Waals surface area (Å²) in [6.07, 6.45) is 3.41. The van der Waals surface area contributed by atoms with E-state index in [2.05, 4.69) is 9.88 Å². The Morgan fingerprint density at radius 3 is 2.24 bits per heavy atom. The van der Waals surface area contributed by atoms with Crippen molar-refractivity contribution in [2.24, 2.45) is 0 Å². The van der Waals surface area contributed by atoms with E-state index >= 15 is 0 Å². The van der Waals surface area contributed by atoms with E-state index in [4.69, 9.17) is 14.2 Å². The number of benzene rings is 2. The molecule has 3 aromatic rings. The van der Waals surface area contributed by atoms with Gasteiger partial charge in [-0.1, -0.05) is 18.2 Å². The number of hydrogen-bond acceptors (Lipinski definition) is 7. The topological polar surface area (TPSA) is 84.4 Å². The van der Waals surface area contributed by atoms with Crippen LogP contribution in [0.25, 0.3) is 0 Å². The summed E-state index contributed by atoms with van der Waals surface area (Å²) in [5, 5.41) is 0. The van der Waals surface area contributed by atoms with Crippen molar-refractivity contribution < 1.29 is 23.8 Å². The van der Waals surface area contributed by atoms with Crippen LogP contribution >= 0.6 is 0 Å². The minimum absolute atomic E-state index is 0.0358. The molecule has 1 fully saturated rings. The molecule has 0 radical (unpaired) electrons. The van der Waals surface area contributed by atoms with E-state index in [0.717, 1.165) is 17.0 Å². The number of carbonyl (C=O) groups is 2. The van der Waals surface area contributed by atoms with E-state index in [1.54, 1.807) is 50.7 Å². The monoisotopic (exact) mass is 516 g/mol. The lowest BCUT2D eigenvalue weighted by atomic mass is 9.79. The number of para-hydroxylation sites is 2. The number of piperazine rings is 1. The minimum atomic E-state index is -0.630. The molecule has 1 aromatic heterocycles. The summed E-state index contributed by atoms with van der Waals surface area (Å²) in [4.78, 5) is 37.9. The third-order valence-corrected chi connectivity index (χ3v) is 7.48. The Morgan fingerprint density at radius 2 is 1.58 bits per heavy atom. The van der Waals surface area contributed by atoms with Crippen molar-refractivity contribution in [1.82, 2.24) is 14.8 Å². The summed E-state index contributed by atoms with van der Waals surface area (Å²) in [7, 11) is 6.48. The minimum Gasteiger partial charge on any atom is -0.495 e. The van der Waals surface area contributed by atoms with Gasteiger partial charge in [0.25, 0.3) is 5.91 Å². The van der Waals surface area contributed by atoms with Gasteiger partial charge in [-0.3, -0.25) is 14.6 Å². The standard InChI is InChI=1S/C29H32N4O5/c1-31-27(19-8-7-11-30-18-19)26(20-16-24(37-3)25(38-4)17-21(20)28(31)34)29(35)33-14-12-32(13-15-33)22-9-5-6-10-23(22)36-2/h5-11,16-18,26-27H,12-15H2,1-4H3. The van der Waals surface area contributed by atoms with Gasteiger partial charge in [-0.15, -0.1) is 0 Å². The summed E-state index contributed by atoms with van der Waals surface area (Å²) in [5.41, 5.74) is 2.89.